The van der Waals surface area contributed by atoms with Crippen LogP contribution >= 0.6 is 34.2 Å². The fraction of sp³-hybridized carbons (Fsp3) is 0.615. The van der Waals surface area contributed by atoms with Gasteiger partial charge < -0.3 is 10.6 Å². The molecule has 1 aliphatic rings. The molecule has 1 saturated carbocycles. The van der Waals surface area contributed by atoms with Crippen LogP contribution in [-0.4, -0.2) is 30.0 Å². The van der Waals surface area contributed by atoms with Crippen molar-refractivity contribution in [1.82, 2.24) is 9.88 Å². The van der Waals surface area contributed by atoms with Gasteiger partial charge in [-0.2, -0.15) is 0 Å². The summed E-state index contributed by atoms with van der Waals surface area (Å²) in [6.45, 7) is 0. The summed E-state index contributed by atoms with van der Waals surface area (Å²) in [5.41, 5.74) is 7.17. The van der Waals surface area contributed by atoms with Gasteiger partial charge in [0.15, 0.2) is 0 Å². The molecule has 0 saturated heterocycles. The van der Waals surface area contributed by atoms with Gasteiger partial charge in [0.2, 0.25) is 0 Å². The Labute approximate surface area is 127 Å². The fourth-order valence-electron chi connectivity index (χ4n) is 2.61. The van der Waals surface area contributed by atoms with Crippen LogP contribution < -0.4 is 5.73 Å². The Hall–Kier alpha value is 0.0900. The van der Waals surface area contributed by atoms with Gasteiger partial charge in [-0.05, 0) is 74.5 Å². The maximum atomic E-state index is 6.54. The third-order valence-corrected chi connectivity index (χ3v) is 4.66. The van der Waals surface area contributed by atoms with Crippen molar-refractivity contribution in [2.75, 3.05) is 14.1 Å². The summed E-state index contributed by atoms with van der Waals surface area (Å²) >= 11 is 8.29. The minimum Gasteiger partial charge on any atom is -0.320 e. The van der Waals surface area contributed by atoms with Crippen LogP contribution in [-0.2, 0) is 5.54 Å². The molecule has 0 spiro atoms. The van der Waals surface area contributed by atoms with Crippen LogP contribution in [0.25, 0.3) is 0 Å². The molecule has 2 rings (SSSR count). The molecule has 0 radical (unpaired) electrons. The third-order valence-electron chi connectivity index (χ3n) is 3.85. The lowest BCUT2D eigenvalue weighted by Gasteiger charge is -2.39. The first-order valence-electron chi connectivity index (χ1n) is 6.19. The van der Waals surface area contributed by atoms with E-state index in [-0.39, 0.29) is 5.54 Å². The van der Waals surface area contributed by atoms with E-state index < -0.39 is 0 Å². The molecule has 0 atom stereocenters. The predicted molar refractivity (Wildman–Crippen MR) is 83.8 cm³/mol. The highest BCUT2D eigenvalue weighted by Crippen LogP contribution is 2.36. The molecule has 0 amide bonds. The first-order valence-corrected chi connectivity index (χ1v) is 7.65. The molecule has 2 N–H and O–H groups in total. The van der Waals surface area contributed by atoms with Gasteiger partial charge in [0.05, 0.1) is 11.2 Å². The molecule has 1 aromatic rings. The van der Waals surface area contributed by atoms with Crippen LogP contribution in [0.5, 0.6) is 0 Å². The second kappa shape index (κ2) is 5.61. The number of nitrogens with two attached hydrogens (primary N) is 1. The number of pyridine rings is 1. The van der Waals surface area contributed by atoms with E-state index in [4.69, 9.17) is 17.3 Å². The summed E-state index contributed by atoms with van der Waals surface area (Å²) in [4.78, 5) is 6.71. The number of halogens is 2. The monoisotopic (exact) mass is 379 g/mol. The molecule has 18 heavy (non-hydrogen) atoms. The molecule has 0 unspecified atom stereocenters. The van der Waals surface area contributed by atoms with E-state index in [2.05, 4.69) is 52.6 Å². The molecule has 5 heteroatoms. The van der Waals surface area contributed by atoms with Crippen LogP contribution in [0.15, 0.2) is 12.1 Å². The van der Waals surface area contributed by atoms with Gasteiger partial charge in [0, 0.05) is 9.61 Å². The van der Waals surface area contributed by atoms with Gasteiger partial charge in [0.25, 0.3) is 0 Å². The Morgan fingerprint density at radius 2 is 2.00 bits per heavy atom. The maximum Gasteiger partial charge on any atom is 0.130 e. The molecule has 1 heterocycles. The second-order valence-corrected chi connectivity index (χ2v) is 6.98. The molecule has 100 valence electrons. The zero-order chi connectivity index (χ0) is 13.3. The van der Waals surface area contributed by atoms with Crippen molar-refractivity contribution < 1.29 is 0 Å². The first kappa shape index (κ1) is 14.5. The van der Waals surface area contributed by atoms with E-state index in [9.17, 15) is 0 Å². The van der Waals surface area contributed by atoms with Crippen LogP contribution in [0.1, 0.15) is 31.4 Å². The Bertz CT molecular complexity index is 408. The van der Waals surface area contributed by atoms with Crippen molar-refractivity contribution in [1.29, 1.82) is 0 Å². The summed E-state index contributed by atoms with van der Waals surface area (Å²) in [5.74, 6) is 0. The predicted octanol–water partition coefficient (Wildman–Crippen LogP) is 3.00. The molecule has 0 bridgehead atoms. The van der Waals surface area contributed by atoms with Crippen LogP contribution in [0.3, 0.4) is 0 Å². The zero-order valence-corrected chi connectivity index (χ0v) is 13.7. The van der Waals surface area contributed by atoms with Crippen molar-refractivity contribution in [3.05, 3.63) is 26.5 Å². The largest absolute Gasteiger partial charge is 0.320 e. The molecular weight excluding hydrogens is 361 g/mol. The normalized spacial score (nSPS) is 28.7. The number of hydrogen-bond donors (Lipinski definition) is 1. The van der Waals surface area contributed by atoms with E-state index in [0.717, 1.165) is 34.9 Å². The molecule has 1 aliphatic carbocycles. The average molecular weight is 380 g/mol. The second-order valence-electron chi connectivity index (χ2n) is 5.34. The van der Waals surface area contributed by atoms with Gasteiger partial charge in [-0.15, -0.1) is 0 Å². The summed E-state index contributed by atoms with van der Waals surface area (Å²) in [7, 11) is 4.27. The molecule has 0 aromatic carbocycles. The highest BCUT2D eigenvalue weighted by molar-refractivity contribution is 14.1. The maximum absolute atomic E-state index is 6.54. The summed E-state index contributed by atoms with van der Waals surface area (Å²) in [5, 5.41) is 0.538. The molecule has 1 fully saturated rings. The quantitative estimate of drug-likeness (QED) is 0.634. The van der Waals surface area contributed by atoms with Gasteiger partial charge in [0.1, 0.15) is 5.15 Å². The Morgan fingerprint density at radius 3 is 2.50 bits per heavy atom. The van der Waals surface area contributed by atoms with Gasteiger partial charge in [-0.3, -0.25) is 0 Å². The summed E-state index contributed by atoms with van der Waals surface area (Å²) in [6.07, 6.45) is 4.18. The molecule has 1 aromatic heterocycles. The lowest BCUT2D eigenvalue weighted by Crippen LogP contribution is -2.45. The standard InChI is InChI=1S/C13H19ClIN3/c1-18(2)10-3-5-13(16,6-4-10)11-7-9(15)8-12(14)17-11/h7-8,10H,3-6,16H2,1-2H3. The van der Waals surface area contributed by atoms with Crippen molar-refractivity contribution in [2.45, 2.75) is 37.3 Å². The minimum absolute atomic E-state index is 0.308. The lowest BCUT2D eigenvalue weighted by molar-refractivity contribution is 0.171. The highest BCUT2D eigenvalue weighted by Gasteiger charge is 2.35. The van der Waals surface area contributed by atoms with Crippen LogP contribution in [0, 0.1) is 3.57 Å². The Balaban J connectivity index is 2.18. The molecule has 0 aliphatic heterocycles. The minimum atomic E-state index is -0.308. The van der Waals surface area contributed by atoms with Crippen LogP contribution in [0.4, 0.5) is 0 Å². The average Bonchev–Trinajstić information content (AvgIpc) is 2.28. The van der Waals surface area contributed by atoms with Crippen LogP contribution in [0.2, 0.25) is 5.15 Å². The third kappa shape index (κ3) is 3.15. The van der Waals surface area contributed by atoms with Crippen molar-refractivity contribution >= 4 is 34.2 Å². The van der Waals surface area contributed by atoms with Gasteiger partial charge in [-0.25, -0.2) is 4.98 Å². The number of nitrogens with zero attached hydrogens (tertiary/aromatic N) is 2. The van der Waals surface area contributed by atoms with E-state index in [1.54, 1.807) is 0 Å². The van der Waals surface area contributed by atoms with E-state index >= 15 is 0 Å². The Kier molecular flexibility index (Phi) is 4.52. The molecular formula is C13H19ClIN3. The van der Waals surface area contributed by atoms with E-state index in [1.807, 2.05) is 6.07 Å². The van der Waals surface area contributed by atoms with E-state index in [1.165, 1.54) is 0 Å². The Morgan fingerprint density at radius 1 is 1.39 bits per heavy atom. The van der Waals surface area contributed by atoms with Gasteiger partial charge >= 0.3 is 0 Å². The van der Waals surface area contributed by atoms with Crippen molar-refractivity contribution in [3.8, 4) is 0 Å². The van der Waals surface area contributed by atoms with Crippen molar-refractivity contribution in [3.63, 3.8) is 0 Å². The topological polar surface area (TPSA) is 42.1 Å². The van der Waals surface area contributed by atoms with E-state index in [0.29, 0.717) is 11.2 Å². The highest BCUT2D eigenvalue weighted by atomic mass is 127. The summed E-state index contributed by atoms with van der Waals surface area (Å²) in [6, 6.07) is 4.56. The molecule has 3 nitrogen and oxygen atoms in total. The SMILES string of the molecule is CN(C)C1CCC(N)(c2cc(I)cc(Cl)n2)CC1. The number of aromatic nitrogens is 1. The van der Waals surface area contributed by atoms with Crippen molar-refractivity contribution in [2.24, 2.45) is 5.73 Å². The first-order chi connectivity index (χ1) is 8.40. The lowest BCUT2D eigenvalue weighted by atomic mass is 9.77. The summed E-state index contributed by atoms with van der Waals surface area (Å²) < 4.78 is 1.10. The smallest absolute Gasteiger partial charge is 0.130 e. The fourth-order valence-corrected chi connectivity index (χ4v) is 3.59. The number of rotatable bonds is 2. The number of hydrogen-bond acceptors (Lipinski definition) is 3. The van der Waals surface area contributed by atoms with Gasteiger partial charge in [-0.1, -0.05) is 11.6 Å². The zero-order valence-electron chi connectivity index (χ0n) is 10.8.